The molecule has 0 bridgehead atoms. The molecule has 108 valence electrons. The highest BCUT2D eigenvalue weighted by atomic mass is 19.1. The van der Waals surface area contributed by atoms with Crippen LogP contribution < -0.4 is 11.2 Å². The van der Waals surface area contributed by atoms with Gasteiger partial charge in [-0.15, -0.1) is 0 Å². The summed E-state index contributed by atoms with van der Waals surface area (Å²) >= 11 is 0. The van der Waals surface area contributed by atoms with E-state index in [4.69, 9.17) is 0 Å². The van der Waals surface area contributed by atoms with Crippen molar-refractivity contribution >= 4 is 11.2 Å². The van der Waals surface area contributed by atoms with Crippen LogP contribution in [0.4, 0.5) is 4.39 Å². The number of nitrogens with one attached hydrogen (secondary N) is 2. The summed E-state index contributed by atoms with van der Waals surface area (Å²) in [6, 6.07) is 4.73. The molecule has 1 aromatic carbocycles. The van der Waals surface area contributed by atoms with Crippen LogP contribution >= 0.6 is 0 Å². The molecule has 0 amide bonds. The van der Waals surface area contributed by atoms with Gasteiger partial charge in [0.25, 0.3) is 5.56 Å². The number of H-pyrrole nitrogens is 2. The van der Waals surface area contributed by atoms with Crippen LogP contribution in [0.5, 0.6) is 0 Å². The van der Waals surface area contributed by atoms with Gasteiger partial charge in [0, 0.05) is 6.54 Å². The van der Waals surface area contributed by atoms with Gasteiger partial charge < -0.3 is 4.98 Å². The number of aromatic nitrogens is 4. The lowest BCUT2D eigenvalue weighted by atomic mass is 10.1. The Balaban J connectivity index is 2.33. The maximum absolute atomic E-state index is 14.0. The second-order valence-corrected chi connectivity index (χ2v) is 4.77. The number of imidazole rings is 1. The highest BCUT2D eigenvalue weighted by Gasteiger charge is 2.15. The zero-order valence-electron chi connectivity index (χ0n) is 11.5. The number of nitrogens with zero attached hydrogens (tertiary/aromatic N) is 2. The van der Waals surface area contributed by atoms with Crippen LogP contribution in [-0.2, 0) is 6.54 Å². The first-order chi connectivity index (χ1) is 10.0. The average Bonchev–Trinajstić information content (AvgIpc) is 2.84. The first-order valence-corrected chi connectivity index (χ1v) is 6.50. The van der Waals surface area contributed by atoms with E-state index in [0.29, 0.717) is 6.54 Å². The summed E-state index contributed by atoms with van der Waals surface area (Å²) in [6.07, 6.45) is 0. The van der Waals surface area contributed by atoms with E-state index in [1.807, 2.05) is 0 Å². The fraction of sp³-hybridized carbons (Fsp3) is 0.214. The van der Waals surface area contributed by atoms with E-state index in [1.54, 1.807) is 26.0 Å². The van der Waals surface area contributed by atoms with Crippen molar-refractivity contribution in [3.8, 4) is 11.4 Å². The van der Waals surface area contributed by atoms with Gasteiger partial charge in [0.2, 0.25) is 0 Å². The van der Waals surface area contributed by atoms with Gasteiger partial charge in [0.15, 0.2) is 5.65 Å². The molecule has 6 nitrogen and oxygen atoms in total. The molecule has 0 aliphatic rings. The van der Waals surface area contributed by atoms with Gasteiger partial charge in [0.1, 0.15) is 17.2 Å². The van der Waals surface area contributed by atoms with Crippen LogP contribution in [0.2, 0.25) is 0 Å². The Morgan fingerprint density at radius 3 is 2.71 bits per heavy atom. The highest BCUT2D eigenvalue weighted by Crippen LogP contribution is 2.22. The third-order valence-corrected chi connectivity index (χ3v) is 3.33. The molecule has 2 aromatic heterocycles. The fourth-order valence-corrected chi connectivity index (χ4v) is 2.27. The van der Waals surface area contributed by atoms with Crippen molar-refractivity contribution < 1.29 is 4.39 Å². The minimum Gasteiger partial charge on any atom is -0.332 e. The molecular formula is C14H13FN4O2. The maximum atomic E-state index is 14.0. The summed E-state index contributed by atoms with van der Waals surface area (Å²) in [5.41, 5.74) is 0.332. The van der Waals surface area contributed by atoms with Crippen LogP contribution in [-0.4, -0.2) is 19.5 Å². The van der Waals surface area contributed by atoms with Crippen LogP contribution in [0.3, 0.4) is 0 Å². The second kappa shape index (κ2) is 4.69. The molecule has 0 atom stereocenters. The number of fused-ring (bicyclic) bond motifs is 1. The molecular weight excluding hydrogens is 275 g/mol. The molecule has 3 rings (SSSR count). The largest absolute Gasteiger partial charge is 0.332 e. The van der Waals surface area contributed by atoms with Crippen molar-refractivity contribution in [2.75, 3.05) is 0 Å². The lowest BCUT2D eigenvalue weighted by molar-refractivity contribution is 0.629. The summed E-state index contributed by atoms with van der Waals surface area (Å²) in [4.78, 5) is 32.7. The van der Waals surface area contributed by atoms with E-state index in [1.165, 1.54) is 10.6 Å². The van der Waals surface area contributed by atoms with E-state index >= 15 is 0 Å². The first-order valence-electron chi connectivity index (χ1n) is 6.50. The van der Waals surface area contributed by atoms with Gasteiger partial charge in [-0.2, -0.15) is 0 Å². The van der Waals surface area contributed by atoms with Gasteiger partial charge in [0.05, 0.1) is 5.56 Å². The van der Waals surface area contributed by atoms with Crippen LogP contribution in [0.25, 0.3) is 22.6 Å². The maximum Gasteiger partial charge on any atom is 0.330 e. The minimum atomic E-state index is -0.564. The Kier molecular flexibility index (Phi) is 2.97. The third kappa shape index (κ3) is 2.06. The smallest absolute Gasteiger partial charge is 0.330 e. The molecule has 0 fully saturated rings. The molecule has 7 heteroatoms. The second-order valence-electron chi connectivity index (χ2n) is 4.77. The SMILES string of the molecule is CCn1c(=O)[nH]c(=O)c2[nH]c(-c3ccc(C)cc3F)nc21. The molecule has 0 spiro atoms. The summed E-state index contributed by atoms with van der Waals surface area (Å²) in [7, 11) is 0. The van der Waals surface area contributed by atoms with Gasteiger partial charge in [-0.1, -0.05) is 6.07 Å². The minimum absolute atomic E-state index is 0.159. The molecule has 0 saturated carbocycles. The van der Waals surface area contributed by atoms with E-state index < -0.39 is 17.1 Å². The normalized spacial score (nSPS) is 11.2. The summed E-state index contributed by atoms with van der Waals surface area (Å²) < 4.78 is 15.3. The molecule has 0 unspecified atom stereocenters. The Morgan fingerprint density at radius 2 is 2.05 bits per heavy atom. The van der Waals surface area contributed by atoms with Crippen LogP contribution in [0.1, 0.15) is 12.5 Å². The van der Waals surface area contributed by atoms with E-state index in [-0.39, 0.29) is 22.6 Å². The van der Waals surface area contributed by atoms with Crippen LogP contribution in [0, 0.1) is 12.7 Å². The predicted octanol–water partition coefficient (Wildman–Crippen LogP) is 1.55. The molecule has 0 aliphatic heterocycles. The zero-order chi connectivity index (χ0) is 15.1. The van der Waals surface area contributed by atoms with Gasteiger partial charge in [-0.3, -0.25) is 14.3 Å². The molecule has 0 aliphatic carbocycles. The molecule has 0 radical (unpaired) electrons. The number of halogens is 1. The molecule has 2 heterocycles. The number of aryl methyl sites for hydroxylation is 2. The monoisotopic (exact) mass is 288 g/mol. The Morgan fingerprint density at radius 1 is 1.29 bits per heavy atom. The van der Waals surface area contributed by atoms with E-state index in [0.717, 1.165) is 5.56 Å². The summed E-state index contributed by atoms with van der Waals surface area (Å²) in [5, 5.41) is 0. The molecule has 2 N–H and O–H groups in total. The number of hydrogen-bond acceptors (Lipinski definition) is 3. The number of rotatable bonds is 2. The zero-order valence-corrected chi connectivity index (χ0v) is 11.5. The van der Waals surface area contributed by atoms with Gasteiger partial charge >= 0.3 is 5.69 Å². The predicted molar refractivity (Wildman–Crippen MR) is 76.8 cm³/mol. The van der Waals surface area contributed by atoms with Gasteiger partial charge in [-0.25, -0.2) is 14.2 Å². The summed E-state index contributed by atoms with van der Waals surface area (Å²) in [6.45, 7) is 3.90. The van der Waals surface area contributed by atoms with Gasteiger partial charge in [-0.05, 0) is 31.5 Å². The number of hydrogen-bond donors (Lipinski definition) is 2. The van der Waals surface area contributed by atoms with E-state index in [9.17, 15) is 14.0 Å². The van der Waals surface area contributed by atoms with Crippen molar-refractivity contribution in [3.63, 3.8) is 0 Å². The standard InChI is InChI=1S/C14H13FN4O2/c1-3-19-12-10(13(20)18-14(19)21)16-11(17-12)8-5-4-7(2)6-9(8)15/h4-6H,3H2,1-2H3,(H,16,17)(H,18,20,21). The van der Waals surface area contributed by atoms with Crippen molar-refractivity contribution in [2.24, 2.45) is 0 Å². The number of aromatic amines is 2. The van der Waals surface area contributed by atoms with Crippen molar-refractivity contribution in [2.45, 2.75) is 20.4 Å². The van der Waals surface area contributed by atoms with E-state index in [2.05, 4.69) is 15.0 Å². The summed E-state index contributed by atoms with van der Waals surface area (Å²) in [5.74, 6) is -0.211. The topological polar surface area (TPSA) is 83.5 Å². The molecule has 21 heavy (non-hydrogen) atoms. The fourth-order valence-electron chi connectivity index (χ4n) is 2.27. The lowest BCUT2D eigenvalue weighted by Gasteiger charge is -2.00. The van der Waals surface area contributed by atoms with Crippen molar-refractivity contribution in [3.05, 3.63) is 50.4 Å². The van der Waals surface area contributed by atoms with Crippen molar-refractivity contribution in [1.82, 2.24) is 19.5 Å². The Labute approximate surface area is 118 Å². The Hall–Kier alpha value is -2.70. The average molecular weight is 288 g/mol. The van der Waals surface area contributed by atoms with Crippen LogP contribution in [0.15, 0.2) is 27.8 Å². The quantitative estimate of drug-likeness (QED) is 0.750. The van der Waals surface area contributed by atoms with Crippen molar-refractivity contribution in [1.29, 1.82) is 0 Å². The Bertz CT molecular complexity index is 952. The highest BCUT2D eigenvalue weighted by molar-refractivity contribution is 5.75. The molecule has 0 saturated heterocycles. The third-order valence-electron chi connectivity index (χ3n) is 3.33. The lowest BCUT2D eigenvalue weighted by Crippen LogP contribution is -2.29. The first kappa shape index (κ1) is 13.3. The number of benzene rings is 1. The molecule has 3 aromatic rings.